The third-order valence-corrected chi connectivity index (χ3v) is 5.61. The minimum atomic E-state index is -0.0344. The quantitative estimate of drug-likeness (QED) is 0.554. The van der Waals surface area contributed by atoms with E-state index in [2.05, 4.69) is 10.2 Å². The number of nitrogens with one attached hydrogen (secondary N) is 1. The number of amides is 1. The van der Waals surface area contributed by atoms with Crippen molar-refractivity contribution in [2.24, 2.45) is 0 Å². The molecule has 1 aliphatic rings. The second kappa shape index (κ2) is 12.2. The van der Waals surface area contributed by atoms with Crippen LogP contribution in [-0.2, 0) is 11.3 Å². The Hall–Kier alpha value is -3.13. The van der Waals surface area contributed by atoms with Crippen molar-refractivity contribution in [3.8, 4) is 28.7 Å². The molecule has 8 nitrogen and oxygen atoms in total. The van der Waals surface area contributed by atoms with Gasteiger partial charge in [-0.15, -0.1) is 0 Å². The molecule has 0 aliphatic carbocycles. The van der Waals surface area contributed by atoms with Gasteiger partial charge in [0.2, 0.25) is 5.91 Å². The molecule has 0 spiro atoms. The summed E-state index contributed by atoms with van der Waals surface area (Å²) < 4.78 is 27.9. The molecule has 1 aliphatic heterocycles. The number of piperidine rings is 1. The maximum Gasteiger partial charge on any atom is 0.234 e. The largest absolute Gasteiger partial charge is 0.496 e. The van der Waals surface area contributed by atoms with Gasteiger partial charge in [0.1, 0.15) is 11.9 Å². The average Bonchev–Trinajstić information content (AvgIpc) is 2.84. The number of hydrogen-bond donors (Lipinski definition) is 1. The number of methoxy groups -OCH3 is 3. The molecule has 2 aromatic carbocycles. The molecule has 180 valence electrons. The van der Waals surface area contributed by atoms with E-state index in [1.54, 1.807) is 27.4 Å². The summed E-state index contributed by atoms with van der Waals surface area (Å²) in [4.78, 5) is 14.7. The molecule has 0 atom stereocenters. The highest BCUT2D eigenvalue weighted by molar-refractivity contribution is 5.78. The summed E-state index contributed by atoms with van der Waals surface area (Å²) in [6.45, 7) is 4.85. The molecular weight excluding hydrogens is 424 g/mol. The third-order valence-electron chi connectivity index (χ3n) is 5.61. The zero-order valence-corrected chi connectivity index (χ0v) is 19.9. The number of carbonyl (C=O) groups is 1. The van der Waals surface area contributed by atoms with Crippen molar-refractivity contribution < 1.29 is 28.5 Å². The molecule has 2 aromatic rings. The van der Waals surface area contributed by atoms with Crippen molar-refractivity contribution in [2.45, 2.75) is 32.4 Å². The van der Waals surface area contributed by atoms with Gasteiger partial charge in [0.15, 0.2) is 23.0 Å². The van der Waals surface area contributed by atoms with Crippen LogP contribution in [0.1, 0.15) is 25.3 Å². The summed E-state index contributed by atoms with van der Waals surface area (Å²) in [6.07, 6.45) is 1.83. The maximum atomic E-state index is 12.6. The lowest BCUT2D eigenvalue weighted by Crippen LogP contribution is -2.43. The lowest BCUT2D eigenvalue weighted by atomic mass is 10.1. The Morgan fingerprint density at radius 3 is 2.21 bits per heavy atom. The SMILES string of the molecule is CCOc1ccccc1OC1CCN(CC(=O)NCc2cc(OC)c(OC)cc2OC)CC1. The molecule has 3 rings (SSSR count). The number of carbonyl (C=O) groups excluding carboxylic acids is 1. The zero-order chi connectivity index (χ0) is 23.6. The van der Waals surface area contributed by atoms with E-state index in [0.29, 0.717) is 36.9 Å². The second-order valence-corrected chi connectivity index (χ2v) is 7.77. The number of ether oxygens (including phenoxy) is 5. The highest BCUT2D eigenvalue weighted by Gasteiger charge is 2.23. The summed E-state index contributed by atoms with van der Waals surface area (Å²) in [7, 11) is 4.74. The molecule has 1 saturated heterocycles. The van der Waals surface area contributed by atoms with Gasteiger partial charge in [-0.3, -0.25) is 9.69 Å². The predicted molar refractivity (Wildman–Crippen MR) is 126 cm³/mol. The van der Waals surface area contributed by atoms with Crippen molar-refractivity contribution in [1.82, 2.24) is 10.2 Å². The van der Waals surface area contributed by atoms with E-state index in [4.69, 9.17) is 23.7 Å². The molecule has 1 amide bonds. The first-order chi connectivity index (χ1) is 16.1. The van der Waals surface area contributed by atoms with Gasteiger partial charge in [0.25, 0.3) is 0 Å². The van der Waals surface area contributed by atoms with Crippen molar-refractivity contribution in [1.29, 1.82) is 0 Å². The molecule has 0 radical (unpaired) electrons. The van der Waals surface area contributed by atoms with Crippen LogP contribution in [0.25, 0.3) is 0 Å². The maximum absolute atomic E-state index is 12.6. The Morgan fingerprint density at radius 1 is 0.939 bits per heavy atom. The molecule has 1 fully saturated rings. The zero-order valence-electron chi connectivity index (χ0n) is 19.9. The van der Waals surface area contributed by atoms with E-state index in [-0.39, 0.29) is 12.0 Å². The molecule has 0 aromatic heterocycles. The lowest BCUT2D eigenvalue weighted by Gasteiger charge is -2.32. The number of para-hydroxylation sites is 2. The molecule has 8 heteroatoms. The van der Waals surface area contributed by atoms with Crippen LogP contribution in [0, 0.1) is 0 Å². The highest BCUT2D eigenvalue weighted by atomic mass is 16.5. The monoisotopic (exact) mass is 458 g/mol. The van der Waals surface area contributed by atoms with Gasteiger partial charge in [-0.05, 0) is 38.0 Å². The van der Waals surface area contributed by atoms with Gasteiger partial charge in [0.05, 0.1) is 34.5 Å². The second-order valence-electron chi connectivity index (χ2n) is 7.77. The Balaban J connectivity index is 1.47. The van der Waals surface area contributed by atoms with Crippen molar-refractivity contribution in [3.63, 3.8) is 0 Å². The molecule has 0 unspecified atom stereocenters. The van der Waals surface area contributed by atoms with E-state index in [1.165, 1.54) is 0 Å². The summed E-state index contributed by atoms with van der Waals surface area (Å²) >= 11 is 0. The van der Waals surface area contributed by atoms with E-state index in [1.807, 2.05) is 37.3 Å². The fourth-order valence-corrected chi connectivity index (χ4v) is 3.87. The van der Waals surface area contributed by atoms with Crippen LogP contribution in [0.4, 0.5) is 0 Å². The fraction of sp³-hybridized carbons (Fsp3) is 0.480. The number of benzene rings is 2. The molecular formula is C25H34N2O6. The molecule has 1 N–H and O–H groups in total. The highest BCUT2D eigenvalue weighted by Crippen LogP contribution is 2.34. The first kappa shape index (κ1) is 24.5. The van der Waals surface area contributed by atoms with Crippen LogP contribution in [0.15, 0.2) is 36.4 Å². The number of rotatable bonds is 11. The van der Waals surface area contributed by atoms with E-state index in [0.717, 1.165) is 43.0 Å². The first-order valence-corrected chi connectivity index (χ1v) is 11.2. The van der Waals surface area contributed by atoms with Crippen LogP contribution >= 0.6 is 0 Å². The number of nitrogens with zero attached hydrogens (tertiary/aromatic N) is 1. The standard InChI is InChI=1S/C25H34N2O6/c1-5-32-20-8-6-7-9-21(20)33-19-10-12-27(13-11-19)17-25(28)26-16-18-14-23(30-3)24(31-4)15-22(18)29-2/h6-9,14-15,19H,5,10-13,16-17H2,1-4H3,(H,26,28). The predicted octanol–water partition coefficient (Wildman–Crippen LogP) is 3.27. The number of likely N-dealkylation sites (tertiary alicyclic amines) is 1. The Kier molecular flexibility index (Phi) is 9.06. The smallest absolute Gasteiger partial charge is 0.234 e. The molecule has 1 heterocycles. The normalized spacial score (nSPS) is 14.4. The van der Waals surface area contributed by atoms with Gasteiger partial charge in [-0.25, -0.2) is 0 Å². The van der Waals surface area contributed by atoms with Crippen LogP contribution < -0.4 is 29.0 Å². The van der Waals surface area contributed by atoms with Gasteiger partial charge in [-0.2, -0.15) is 0 Å². The third kappa shape index (κ3) is 6.68. The minimum Gasteiger partial charge on any atom is -0.496 e. The van der Waals surface area contributed by atoms with Crippen molar-refractivity contribution >= 4 is 5.91 Å². The van der Waals surface area contributed by atoms with E-state index < -0.39 is 0 Å². The fourth-order valence-electron chi connectivity index (χ4n) is 3.87. The minimum absolute atomic E-state index is 0.0344. The summed E-state index contributed by atoms with van der Waals surface area (Å²) in [5.41, 5.74) is 0.823. The van der Waals surface area contributed by atoms with Crippen molar-refractivity contribution in [3.05, 3.63) is 42.0 Å². The van der Waals surface area contributed by atoms with Gasteiger partial charge in [0, 0.05) is 31.3 Å². The Bertz CT molecular complexity index is 912. The van der Waals surface area contributed by atoms with E-state index in [9.17, 15) is 4.79 Å². The average molecular weight is 459 g/mol. The van der Waals surface area contributed by atoms with Gasteiger partial charge >= 0.3 is 0 Å². The van der Waals surface area contributed by atoms with Gasteiger partial charge < -0.3 is 29.0 Å². The summed E-state index contributed by atoms with van der Waals surface area (Å²) in [6, 6.07) is 11.3. The van der Waals surface area contributed by atoms with Crippen LogP contribution in [0.3, 0.4) is 0 Å². The Labute approximate surface area is 195 Å². The molecule has 33 heavy (non-hydrogen) atoms. The summed E-state index contributed by atoms with van der Waals surface area (Å²) in [5.74, 6) is 3.33. The first-order valence-electron chi connectivity index (χ1n) is 11.2. The van der Waals surface area contributed by atoms with Crippen molar-refractivity contribution in [2.75, 3.05) is 47.6 Å². The topological polar surface area (TPSA) is 78.5 Å². The van der Waals surface area contributed by atoms with Crippen LogP contribution in [0.5, 0.6) is 28.7 Å². The molecule has 0 saturated carbocycles. The Morgan fingerprint density at radius 2 is 1.58 bits per heavy atom. The van der Waals surface area contributed by atoms with Crippen LogP contribution in [-0.4, -0.2) is 64.5 Å². The molecule has 0 bridgehead atoms. The van der Waals surface area contributed by atoms with Gasteiger partial charge in [-0.1, -0.05) is 12.1 Å². The van der Waals surface area contributed by atoms with Crippen LogP contribution in [0.2, 0.25) is 0 Å². The number of hydrogen-bond acceptors (Lipinski definition) is 7. The van der Waals surface area contributed by atoms with E-state index >= 15 is 0 Å². The summed E-state index contributed by atoms with van der Waals surface area (Å²) in [5, 5.41) is 2.98. The lowest BCUT2D eigenvalue weighted by molar-refractivity contribution is -0.122.